The average molecular weight is 258 g/mol. The maximum absolute atomic E-state index is 12.1. The number of nitrogens with zero attached hydrogens (tertiary/aromatic N) is 1. The predicted octanol–water partition coefficient (Wildman–Crippen LogP) is 0.893. The number of benzene rings is 1. The number of carbonyl (C=O) groups excluding carboxylic acids is 3. The minimum atomic E-state index is -0.422. The number of carbonyl (C=O) groups is 3. The third kappa shape index (κ3) is 2.40. The van der Waals surface area contributed by atoms with E-state index in [1.807, 2.05) is 6.92 Å². The molecule has 0 fully saturated rings. The van der Waals surface area contributed by atoms with Crippen LogP contribution in [0.5, 0.6) is 0 Å². The Morgan fingerprint density at radius 1 is 1.32 bits per heavy atom. The zero-order valence-electron chi connectivity index (χ0n) is 10.6. The Balaban J connectivity index is 2.18. The largest absolute Gasteiger partial charge is 0.351 e. The molecule has 5 nitrogen and oxygen atoms in total. The quantitative estimate of drug-likeness (QED) is 0.644. The highest BCUT2D eigenvalue weighted by Crippen LogP contribution is 2.23. The molecule has 5 heteroatoms. The number of hydrogen-bond acceptors (Lipinski definition) is 3. The summed E-state index contributed by atoms with van der Waals surface area (Å²) in [4.78, 5) is 36.6. The van der Waals surface area contributed by atoms with Crippen molar-refractivity contribution >= 4 is 17.7 Å². The summed E-state index contributed by atoms with van der Waals surface area (Å²) >= 11 is 0. The Kier molecular flexibility index (Phi) is 3.46. The van der Waals surface area contributed by atoms with Gasteiger partial charge < -0.3 is 5.32 Å². The van der Waals surface area contributed by atoms with Crippen LogP contribution in [0.15, 0.2) is 30.9 Å². The fourth-order valence-electron chi connectivity index (χ4n) is 1.93. The van der Waals surface area contributed by atoms with Crippen LogP contribution in [-0.2, 0) is 4.79 Å². The van der Waals surface area contributed by atoms with Crippen molar-refractivity contribution in [2.75, 3.05) is 13.1 Å². The number of aryl methyl sites for hydroxylation is 1. The van der Waals surface area contributed by atoms with Crippen LogP contribution in [0.3, 0.4) is 0 Å². The van der Waals surface area contributed by atoms with Gasteiger partial charge in [-0.1, -0.05) is 17.7 Å². The summed E-state index contributed by atoms with van der Waals surface area (Å²) in [5.41, 5.74) is 1.62. The van der Waals surface area contributed by atoms with Crippen LogP contribution < -0.4 is 5.32 Å². The van der Waals surface area contributed by atoms with Gasteiger partial charge in [-0.05, 0) is 19.1 Å². The highest BCUT2D eigenvalue weighted by atomic mass is 16.2. The maximum Gasteiger partial charge on any atom is 0.262 e. The van der Waals surface area contributed by atoms with Crippen LogP contribution >= 0.6 is 0 Å². The van der Waals surface area contributed by atoms with E-state index in [9.17, 15) is 14.4 Å². The summed E-state index contributed by atoms with van der Waals surface area (Å²) in [7, 11) is 0. The van der Waals surface area contributed by atoms with Crippen LogP contribution in [0.25, 0.3) is 0 Å². The second-order valence-electron chi connectivity index (χ2n) is 4.34. The Hall–Kier alpha value is -2.43. The van der Waals surface area contributed by atoms with Crippen LogP contribution in [0.2, 0.25) is 0 Å². The molecule has 19 heavy (non-hydrogen) atoms. The van der Waals surface area contributed by atoms with Crippen molar-refractivity contribution in [2.24, 2.45) is 0 Å². The second-order valence-corrected chi connectivity index (χ2v) is 4.34. The first kappa shape index (κ1) is 13.0. The van der Waals surface area contributed by atoms with E-state index in [0.29, 0.717) is 17.7 Å². The van der Waals surface area contributed by atoms with Gasteiger partial charge in [-0.3, -0.25) is 19.3 Å². The van der Waals surface area contributed by atoms with Crippen molar-refractivity contribution in [1.29, 1.82) is 0 Å². The molecule has 1 heterocycles. The summed E-state index contributed by atoms with van der Waals surface area (Å²) in [6.07, 6.45) is 1.53. The Morgan fingerprint density at radius 2 is 2.00 bits per heavy atom. The van der Waals surface area contributed by atoms with E-state index < -0.39 is 11.8 Å². The summed E-state index contributed by atoms with van der Waals surface area (Å²) < 4.78 is 0. The number of fused-ring (bicyclic) bond motifs is 1. The second kappa shape index (κ2) is 5.06. The molecule has 2 rings (SSSR count). The highest BCUT2D eigenvalue weighted by Gasteiger charge is 2.36. The van der Waals surface area contributed by atoms with Gasteiger partial charge in [0.2, 0.25) is 5.91 Å². The van der Waals surface area contributed by atoms with Gasteiger partial charge in [0, 0.05) is 6.54 Å². The molecule has 0 saturated heterocycles. The molecule has 0 spiro atoms. The maximum atomic E-state index is 12.1. The van der Waals surface area contributed by atoms with Crippen LogP contribution in [0.4, 0.5) is 0 Å². The van der Waals surface area contributed by atoms with Gasteiger partial charge in [0.25, 0.3) is 11.8 Å². The van der Waals surface area contributed by atoms with Crippen LogP contribution in [-0.4, -0.2) is 35.7 Å². The lowest BCUT2D eigenvalue weighted by Gasteiger charge is -2.12. The number of imide groups is 1. The Labute approximate surface area is 110 Å². The molecule has 0 atom stereocenters. The Morgan fingerprint density at radius 3 is 2.68 bits per heavy atom. The molecule has 98 valence electrons. The lowest BCUT2D eigenvalue weighted by Crippen LogP contribution is -2.40. The smallest absolute Gasteiger partial charge is 0.262 e. The monoisotopic (exact) mass is 258 g/mol. The van der Waals surface area contributed by atoms with Gasteiger partial charge in [-0.15, -0.1) is 6.58 Å². The van der Waals surface area contributed by atoms with E-state index in [-0.39, 0.29) is 12.5 Å². The molecule has 0 unspecified atom stereocenters. The summed E-state index contributed by atoms with van der Waals surface area (Å²) in [6.45, 7) is 5.36. The van der Waals surface area contributed by atoms with Gasteiger partial charge in [0.15, 0.2) is 0 Å². The zero-order chi connectivity index (χ0) is 14.0. The SMILES string of the molecule is C=CCNC(=O)CN1C(=O)c2ccc(C)cc2C1=O. The van der Waals surface area contributed by atoms with Gasteiger partial charge in [0.1, 0.15) is 6.54 Å². The molecule has 1 aliphatic heterocycles. The molecule has 3 amide bonds. The average Bonchev–Trinajstić information content (AvgIpc) is 2.61. The number of amides is 3. The first-order chi connectivity index (χ1) is 9.04. The van der Waals surface area contributed by atoms with Crippen molar-refractivity contribution < 1.29 is 14.4 Å². The molecule has 0 aromatic heterocycles. The van der Waals surface area contributed by atoms with E-state index in [4.69, 9.17) is 0 Å². The van der Waals surface area contributed by atoms with Crippen LogP contribution in [0.1, 0.15) is 26.3 Å². The van der Waals surface area contributed by atoms with Crippen molar-refractivity contribution in [2.45, 2.75) is 6.92 Å². The molecule has 0 radical (unpaired) electrons. The summed E-state index contributed by atoms with van der Waals surface area (Å²) in [5, 5.41) is 2.54. The van der Waals surface area contributed by atoms with Gasteiger partial charge in [-0.2, -0.15) is 0 Å². The molecule has 1 aromatic carbocycles. The van der Waals surface area contributed by atoms with E-state index in [1.54, 1.807) is 18.2 Å². The third-order valence-corrected chi connectivity index (χ3v) is 2.87. The van der Waals surface area contributed by atoms with Gasteiger partial charge in [0.05, 0.1) is 11.1 Å². The predicted molar refractivity (Wildman–Crippen MR) is 69.8 cm³/mol. The molecular formula is C14H14N2O3. The molecule has 0 bridgehead atoms. The molecule has 1 aliphatic rings. The molecule has 1 N–H and O–H groups in total. The molecule has 1 aromatic rings. The minimum Gasteiger partial charge on any atom is -0.351 e. The zero-order valence-corrected chi connectivity index (χ0v) is 10.6. The first-order valence-corrected chi connectivity index (χ1v) is 5.89. The normalized spacial score (nSPS) is 13.4. The molecule has 0 aliphatic carbocycles. The van der Waals surface area contributed by atoms with Crippen LogP contribution in [0, 0.1) is 6.92 Å². The highest BCUT2D eigenvalue weighted by molar-refractivity contribution is 6.22. The standard InChI is InChI=1S/C14H14N2O3/c1-3-6-15-12(17)8-16-13(18)10-5-4-9(2)7-11(10)14(16)19/h3-5,7H,1,6,8H2,2H3,(H,15,17). The minimum absolute atomic E-state index is 0.265. The van der Waals surface area contributed by atoms with E-state index in [1.165, 1.54) is 6.08 Å². The third-order valence-electron chi connectivity index (χ3n) is 2.87. The summed E-state index contributed by atoms with van der Waals surface area (Å²) in [5.74, 6) is -1.22. The topological polar surface area (TPSA) is 66.5 Å². The van der Waals surface area contributed by atoms with Crippen molar-refractivity contribution in [3.8, 4) is 0 Å². The number of nitrogens with one attached hydrogen (secondary N) is 1. The van der Waals surface area contributed by atoms with Crippen molar-refractivity contribution in [1.82, 2.24) is 10.2 Å². The molecular weight excluding hydrogens is 244 g/mol. The number of hydrogen-bond donors (Lipinski definition) is 1. The van der Waals surface area contributed by atoms with Crippen molar-refractivity contribution in [3.63, 3.8) is 0 Å². The Bertz CT molecular complexity index is 578. The van der Waals surface area contributed by atoms with Crippen molar-refractivity contribution in [3.05, 3.63) is 47.5 Å². The van der Waals surface area contributed by atoms with E-state index in [2.05, 4.69) is 11.9 Å². The molecule has 0 saturated carbocycles. The summed E-state index contributed by atoms with van der Waals surface area (Å²) in [6, 6.07) is 5.05. The fraction of sp³-hybridized carbons (Fsp3) is 0.214. The number of rotatable bonds is 4. The lowest BCUT2D eigenvalue weighted by atomic mass is 10.1. The van der Waals surface area contributed by atoms with Gasteiger partial charge >= 0.3 is 0 Å². The lowest BCUT2D eigenvalue weighted by molar-refractivity contribution is -0.121. The van der Waals surface area contributed by atoms with Gasteiger partial charge in [-0.25, -0.2) is 0 Å². The first-order valence-electron chi connectivity index (χ1n) is 5.89. The fourth-order valence-corrected chi connectivity index (χ4v) is 1.93. The van der Waals surface area contributed by atoms with E-state index in [0.717, 1.165) is 10.5 Å². The van der Waals surface area contributed by atoms with E-state index >= 15 is 0 Å².